The summed E-state index contributed by atoms with van der Waals surface area (Å²) in [4.78, 5) is 35.6. The van der Waals surface area contributed by atoms with Gasteiger partial charge in [-0.3, -0.25) is 14.5 Å². The van der Waals surface area contributed by atoms with E-state index in [-0.39, 0.29) is 17.6 Å². The number of hydrogen-bond acceptors (Lipinski definition) is 5. The van der Waals surface area contributed by atoms with Gasteiger partial charge >= 0.3 is 6.36 Å². The standard InChI is InChI=1S/C32H39F3N4O3/c1-22-20-25(37-16-11-26(21-37)38-15-3-4-23(38)2)7-10-28(22)39-19-14-31(30(39)41)12-17-36(18-13-31)29(40)24-5-8-27(9-6-24)42-32(33,34)35/h5-10,20,23,26H,3-4,11-19,21H2,1-2H3/t23-,26-/m0/s1. The summed E-state index contributed by atoms with van der Waals surface area (Å²) in [5, 5.41) is 0. The van der Waals surface area contributed by atoms with E-state index in [0.717, 1.165) is 42.9 Å². The van der Waals surface area contributed by atoms with Crippen LogP contribution in [0.2, 0.25) is 0 Å². The quantitative estimate of drug-likeness (QED) is 0.457. The topological polar surface area (TPSA) is 56.3 Å². The zero-order valence-electron chi connectivity index (χ0n) is 24.3. The van der Waals surface area contributed by atoms with Crippen LogP contribution in [0.4, 0.5) is 24.5 Å². The number of anilines is 2. The van der Waals surface area contributed by atoms with E-state index >= 15 is 0 Å². The van der Waals surface area contributed by atoms with Crippen LogP contribution in [0, 0.1) is 12.3 Å². The fraction of sp³-hybridized carbons (Fsp3) is 0.562. The number of rotatable bonds is 5. The molecule has 4 saturated heterocycles. The number of piperidine rings is 1. The Hall–Kier alpha value is -3.27. The van der Waals surface area contributed by atoms with E-state index < -0.39 is 11.8 Å². The van der Waals surface area contributed by atoms with Gasteiger partial charge in [-0.25, -0.2) is 0 Å². The zero-order chi connectivity index (χ0) is 29.6. The van der Waals surface area contributed by atoms with Crippen LogP contribution in [0.5, 0.6) is 5.75 Å². The highest BCUT2D eigenvalue weighted by Gasteiger charge is 2.49. The van der Waals surface area contributed by atoms with Crippen molar-refractivity contribution in [1.82, 2.24) is 9.80 Å². The van der Waals surface area contributed by atoms with Gasteiger partial charge in [-0.1, -0.05) is 0 Å². The lowest BCUT2D eigenvalue weighted by Crippen LogP contribution is -2.46. The van der Waals surface area contributed by atoms with Crippen molar-refractivity contribution in [2.75, 3.05) is 49.1 Å². The zero-order valence-corrected chi connectivity index (χ0v) is 24.3. The van der Waals surface area contributed by atoms with E-state index in [9.17, 15) is 22.8 Å². The van der Waals surface area contributed by atoms with Crippen LogP contribution in [-0.4, -0.2) is 79.3 Å². The Morgan fingerprint density at radius 1 is 0.952 bits per heavy atom. The van der Waals surface area contributed by atoms with Crippen LogP contribution in [0.3, 0.4) is 0 Å². The third-order valence-electron chi connectivity index (χ3n) is 9.93. The minimum absolute atomic E-state index is 0.128. The predicted octanol–water partition coefficient (Wildman–Crippen LogP) is 5.62. The van der Waals surface area contributed by atoms with E-state index in [4.69, 9.17) is 0 Å². The van der Waals surface area contributed by atoms with Crippen molar-refractivity contribution in [2.45, 2.75) is 70.8 Å². The number of ether oxygens (including phenoxy) is 1. The third-order valence-corrected chi connectivity index (χ3v) is 9.93. The molecule has 7 nitrogen and oxygen atoms in total. The number of nitrogens with zero attached hydrogens (tertiary/aromatic N) is 4. The molecule has 10 heteroatoms. The number of alkyl halides is 3. The summed E-state index contributed by atoms with van der Waals surface area (Å²) in [7, 11) is 0. The summed E-state index contributed by atoms with van der Waals surface area (Å²) in [6, 6.07) is 12.7. The molecule has 1 spiro atoms. The molecule has 2 aromatic rings. The minimum Gasteiger partial charge on any atom is -0.406 e. The highest BCUT2D eigenvalue weighted by Crippen LogP contribution is 2.44. The molecular formula is C32H39F3N4O3. The van der Waals surface area contributed by atoms with Gasteiger partial charge in [-0.15, -0.1) is 13.2 Å². The fourth-order valence-electron chi connectivity index (χ4n) is 7.52. The summed E-state index contributed by atoms with van der Waals surface area (Å²) in [6.45, 7) is 9.26. The summed E-state index contributed by atoms with van der Waals surface area (Å²) >= 11 is 0. The van der Waals surface area contributed by atoms with E-state index in [1.807, 2.05) is 4.90 Å². The van der Waals surface area contributed by atoms with Gasteiger partial charge in [-0.2, -0.15) is 0 Å². The third kappa shape index (κ3) is 5.57. The second-order valence-electron chi connectivity index (χ2n) is 12.4. The Bertz CT molecular complexity index is 1320. The van der Waals surface area contributed by atoms with Gasteiger partial charge in [0.1, 0.15) is 5.75 Å². The highest BCUT2D eigenvalue weighted by molar-refractivity contribution is 6.01. The van der Waals surface area contributed by atoms with Crippen LogP contribution < -0.4 is 14.5 Å². The van der Waals surface area contributed by atoms with E-state index in [0.29, 0.717) is 50.1 Å². The molecular weight excluding hydrogens is 545 g/mol. The molecule has 0 N–H and O–H groups in total. The van der Waals surface area contributed by atoms with Crippen molar-refractivity contribution in [3.05, 3.63) is 53.6 Å². The van der Waals surface area contributed by atoms with Gasteiger partial charge in [0.2, 0.25) is 5.91 Å². The molecule has 0 saturated carbocycles. The molecule has 0 aromatic heterocycles. The maximum atomic E-state index is 13.8. The van der Waals surface area contributed by atoms with Gasteiger partial charge in [0, 0.05) is 61.7 Å². The molecule has 6 rings (SSSR count). The molecule has 0 radical (unpaired) electrons. The molecule has 4 heterocycles. The maximum absolute atomic E-state index is 13.8. The summed E-state index contributed by atoms with van der Waals surface area (Å²) in [6.07, 6.45) is 0.897. The molecule has 0 aliphatic carbocycles. The van der Waals surface area contributed by atoms with Crippen molar-refractivity contribution in [1.29, 1.82) is 0 Å². The number of benzene rings is 2. The van der Waals surface area contributed by atoms with Crippen LogP contribution in [0.1, 0.15) is 61.4 Å². The average Bonchev–Trinajstić information content (AvgIpc) is 3.68. The first kappa shape index (κ1) is 28.8. The van der Waals surface area contributed by atoms with E-state index in [1.54, 1.807) is 4.90 Å². The molecule has 42 heavy (non-hydrogen) atoms. The van der Waals surface area contributed by atoms with E-state index in [1.165, 1.54) is 43.6 Å². The van der Waals surface area contributed by atoms with Crippen molar-refractivity contribution in [2.24, 2.45) is 5.41 Å². The Morgan fingerprint density at radius 3 is 2.31 bits per heavy atom. The Kier molecular flexibility index (Phi) is 7.62. The second-order valence-corrected chi connectivity index (χ2v) is 12.4. The van der Waals surface area contributed by atoms with E-state index in [2.05, 4.69) is 46.6 Å². The van der Waals surface area contributed by atoms with Crippen LogP contribution in [0.25, 0.3) is 0 Å². The number of carbonyl (C=O) groups excluding carboxylic acids is 2. The van der Waals surface area contributed by atoms with Crippen molar-refractivity contribution < 1.29 is 27.5 Å². The second kappa shape index (κ2) is 11.1. The highest BCUT2D eigenvalue weighted by atomic mass is 19.4. The number of likely N-dealkylation sites (tertiary alicyclic amines) is 2. The molecule has 4 aliphatic heterocycles. The minimum atomic E-state index is -4.78. The van der Waals surface area contributed by atoms with Gasteiger partial charge in [0.15, 0.2) is 0 Å². The fourth-order valence-corrected chi connectivity index (χ4v) is 7.52. The maximum Gasteiger partial charge on any atom is 0.573 e. The van der Waals surface area contributed by atoms with Gasteiger partial charge < -0.3 is 19.4 Å². The molecule has 226 valence electrons. The molecule has 4 fully saturated rings. The van der Waals surface area contributed by atoms with Gasteiger partial charge in [-0.05, 0) is 107 Å². The number of carbonyl (C=O) groups is 2. The number of amides is 2. The smallest absolute Gasteiger partial charge is 0.406 e. The molecule has 2 atom stereocenters. The molecule has 0 unspecified atom stereocenters. The first-order valence-corrected chi connectivity index (χ1v) is 15.1. The van der Waals surface area contributed by atoms with Crippen LogP contribution in [-0.2, 0) is 4.79 Å². The first-order chi connectivity index (χ1) is 20.0. The average molecular weight is 585 g/mol. The SMILES string of the molecule is Cc1cc(N2CC[C@H](N3CCC[C@@H]3C)C2)ccc1N1CCC2(CCN(C(=O)c3ccc(OC(F)(F)F)cc3)CC2)C1=O. The normalized spacial score (nSPS) is 24.7. The lowest BCUT2D eigenvalue weighted by molar-refractivity contribution is -0.274. The summed E-state index contributed by atoms with van der Waals surface area (Å²) in [5.74, 6) is -0.484. The van der Waals surface area contributed by atoms with Crippen molar-refractivity contribution in [3.63, 3.8) is 0 Å². The molecule has 4 aliphatic rings. The Balaban J connectivity index is 1.06. The molecule has 0 bridgehead atoms. The number of hydrogen-bond donors (Lipinski definition) is 0. The van der Waals surface area contributed by atoms with Gasteiger partial charge in [0.25, 0.3) is 5.91 Å². The van der Waals surface area contributed by atoms with Crippen molar-refractivity contribution >= 4 is 23.2 Å². The monoisotopic (exact) mass is 584 g/mol. The van der Waals surface area contributed by atoms with Crippen LogP contribution >= 0.6 is 0 Å². The largest absolute Gasteiger partial charge is 0.573 e. The van der Waals surface area contributed by atoms with Gasteiger partial charge in [0.05, 0.1) is 5.41 Å². The Morgan fingerprint density at radius 2 is 1.67 bits per heavy atom. The first-order valence-electron chi connectivity index (χ1n) is 15.1. The lowest BCUT2D eigenvalue weighted by atomic mass is 9.77. The summed E-state index contributed by atoms with van der Waals surface area (Å²) < 4.78 is 41.2. The summed E-state index contributed by atoms with van der Waals surface area (Å²) in [5.41, 5.74) is 3.10. The Labute approximate surface area is 245 Å². The predicted molar refractivity (Wildman–Crippen MR) is 155 cm³/mol. The van der Waals surface area contributed by atoms with Crippen molar-refractivity contribution in [3.8, 4) is 5.75 Å². The lowest BCUT2D eigenvalue weighted by Gasteiger charge is -2.38. The van der Waals surface area contributed by atoms with Crippen LogP contribution in [0.15, 0.2) is 42.5 Å². The molecule has 2 amide bonds. The number of aryl methyl sites for hydroxylation is 1. The number of halogens is 3. The molecule has 2 aromatic carbocycles.